The van der Waals surface area contributed by atoms with Crippen LogP contribution in [-0.2, 0) is 6.54 Å². The number of nitrogens with one attached hydrogen (secondary N) is 1. The summed E-state index contributed by atoms with van der Waals surface area (Å²) in [6, 6.07) is 10.0. The first-order valence-electron chi connectivity index (χ1n) is 6.01. The number of rotatable bonds is 3. The van der Waals surface area contributed by atoms with E-state index >= 15 is 0 Å². The highest BCUT2D eigenvalue weighted by Crippen LogP contribution is 2.42. The Morgan fingerprint density at radius 3 is 2.62 bits per heavy atom. The maximum absolute atomic E-state index is 12.9. The molecular formula is C14H9BrClF2NO2. The molecule has 0 unspecified atom stereocenters. The Balaban J connectivity index is 1.72. The van der Waals surface area contributed by atoms with E-state index in [-0.39, 0.29) is 11.5 Å². The molecule has 1 aliphatic heterocycles. The van der Waals surface area contributed by atoms with Crippen LogP contribution in [-0.4, -0.2) is 6.29 Å². The van der Waals surface area contributed by atoms with Gasteiger partial charge in [0.15, 0.2) is 11.5 Å². The van der Waals surface area contributed by atoms with Gasteiger partial charge in [-0.15, -0.1) is 8.78 Å². The van der Waals surface area contributed by atoms with Crippen molar-refractivity contribution in [2.45, 2.75) is 12.8 Å². The van der Waals surface area contributed by atoms with Gasteiger partial charge in [-0.05, 0) is 29.8 Å². The molecule has 0 saturated heterocycles. The van der Waals surface area contributed by atoms with Gasteiger partial charge in [0, 0.05) is 27.8 Å². The molecule has 110 valence electrons. The summed E-state index contributed by atoms with van der Waals surface area (Å²) in [7, 11) is 0. The molecule has 1 aliphatic rings. The summed E-state index contributed by atoms with van der Waals surface area (Å²) in [4.78, 5) is 0. The minimum atomic E-state index is -3.60. The molecule has 0 spiro atoms. The Labute approximate surface area is 132 Å². The Morgan fingerprint density at radius 2 is 1.86 bits per heavy atom. The van der Waals surface area contributed by atoms with Gasteiger partial charge < -0.3 is 14.8 Å². The molecule has 1 N–H and O–H groups in total. The van der Waals surface area contributed by atoms with E-state index in [1.165, 1.54) is 12.1 Å². The van der Waals surface area contributed by atoms with E-state index in [9.17, 15) is 8.78 Å². The molecule has 0 fully saturated rings. The third kappa shape index (κ3) is 3.22. The van der Waals surface area contributed by atoms with E-state index < -0.39 is 6.29 Å². The third-order valence-electron chi connectivity index (χ3n) is 2.90. The molecule has 3 rings (SSSR count). The van der Waals surface area contributed by atoms with E-state index in [0.717, 1.165) is 10.0 Å². The Morgan fingerprint density at radius 1 is 1.10 bits per heavy atom. The predicted octanol–water partition coefficient (Wildman–Crippen LogP) is 5.04. The summed E-state index contributed by atoms with van der Waals surface area (Å²) >= 11 is 9.29. The van der Waals surface area contributed by atoms with Crippen molar-refractivity contribution in [2.24, 2.45) is 0 Å². The number of alkyl halides is 2. The summed E-state index contributed by atoms with van der Waals surface area (Å²) in [5.41, 5.74) is 1.64. The zero-order chi connectivity index (χ0) is 15.0. The quantitative estimate of drug-likeness (QED) is 0.814. The molecule has 0 aliphatic carbocycles. The zero-order valence-corrected chi connectivity index (χ0v) is 12.8. The van der Waals surface area contributed by atoms with Crippen LogP contribution >= 0.6 is 27.5 Å². The smallest absolute Gasteiger partial charge is 0.395 e. The topological polar surface area (TPSA) is 30.5 Å². The van der Waals surface area contributed by atoms with Gasteiger partial charge in [0.25, 0.3) is 0 Å². The number of fused-ring (bicyclic) bond motifs is 1. The predicted molar refractivity (Wildman–Crippen MR) is 79.1 cm³/mol. The van der Waals surface area contributed by atoms with Crippen molar-refractivity contribution in [1.82, 2.24) is 0 Å². The number of hydrogen-bond donors (Lipinski definition) is 1. The van der Waals surface area contributed by atoms with Gasteiger partial charge in [0.2, 0.25) is 0 Å². The van der Waals surface area contributed by atoms with Gasteiger partial charge in [0.05, 0.1) is 0 Å². The van der Waals surface area contributed by atoms with Crippen LogP contribution in [0.4, 0.5) is 14.5 Å². The number of benzene rings is 2. The summed E-state index contributed by atoms with van der Waals surface area (Å²) in [5.74, 6) is 0.0402. The maximum Gasteiger partial charge on any atom is 0.586 e. The molecule has 0 atom stereocenters. The average molecular weight is 377 g/mol. The second-order valence-electron chi connectivity index (χ2n) is 4.42. The second kappa shape index (κ2) is 5.35. The third-order valence-corrected chi connectivity index (χ3v) is 3.87. The SMILES string of the molecule is FC1(F)Oc2ccc(NCc3ccc(Cl)cc3Br)cc2O1. The summed E-state index contributed by atoms with van der Waals surface area (Å²) in [6.07, 6.45) is -3.60. The van der Waals surface area contributed by atoms with E-state index in [1.807, 2.05) is 6.07 Å². The first kappa shape index (κ1) is 14.4. The minimum Gasteiger partial charge on any atom is -0.395 e. The second-order valence-corrected chi connectivity index (χ2v) is 5.71. The van der Waals surface area contributed by atoms with Crippen molar-refractivity contribution in [3.8, 4) is 11.5 Å². The van der Waals surface area contributed by atoms with Gasteiger partial charge in [-0.3, -0.25) is 0 Å². The van der Waals surface area contributed by atoms with Crippen molar-refractivity contribution in [3.63, 3.8) is 0 Å². The van der Waals surface area contributed by atoms with Gasteiger partial charge in [-0.25, -0.2) is 0 Å². The monoisotopic (exact) mass is 375 g/mol. The first-order valence-corrected chi connectivity index (χ1v) is 7.18. The first-order chi connectivity index (χ1) is 9.93. The molecule has 0 saturated carbocycles. The van der Waals surface area contributed by atoms with Crippen molar-refractivity contribution in [2.75, 3.05) is 5.32 Å². The normalized spacial score (nSPS) is 15.0. The lowest BCUT2D eigenvalue weighted by atomic mass is 10.2. The van der Waals surface area contributed by atoms with Crippen LogP contribution in [0.1, 0.15) is 5.56 Å². The standard InChI is InChI=1S/C14H9BrClF2NO2/c15-11-5-9(16)2-1-8(11)7-19-10-3-4-12-13(6-10)21-14(17,18)20-12/h1-6,19H,7H2. The molecule has 0 radical (unpaired) electrons. The van der Waals surface area contributed by atoms with Crippen molar-refractivity contribution >= 4 is 33.2 Å². The molecule has 0 bridgehead atoms. The van der Waals surface area contributed by atoms with Crippen LogP contribution in [0.3, 0.4) is 0 Å². The van der Waals surface area contributed by atoms with Crippen LogP contribution in [0, 0.1) is 0 Å². The van der Waals surface area contributed by atoms with Crippen LogP contribution in [0.5, 0.6) is 11.5 Å². The maximum atomic E-state index is 12.9. The molecule has 0 amide bonds. The number of ether oxygens (including phenoxy) is 2. The van der Waals surface area contributed by atoms with Crippen molar-refractivity contribution < 1.29 is 18.3 Å². The van der Waals surface area contributed by atoms with E-state index in [1.54, 1.807) is 18.2 Å². The van der Waals surface area contributed by atoms with E-state index in [0.29, 0.717) is 17.3 Å². The van der Waals surface area contributed by atoms with Crippen LogP contribution in [0.15, 0.2) is 40.9 Å². The number of anilines is 1. The lowest BCUT2D eigenvalue weighted by Gasteiger charge is -2.09. The molecule has 2 aromatic rings. The Bertz CT molecular complexity index is 697. The number of halogens is 4. The minimum absolute atomic E-state index is 0.0140. The lowest BCUT2D eigenvalue weighted by molar-refractivity contribution is -0.286. The largest absolute Gasteiger partial charge is 0.586 e. The average Bonchev–Trinajstić information content (AvgIpc) is 2.70. The highest BCUT2D eigenvalue weighted by Gasteiger charge is 2.43. The summed E-state index contributed by atoms with van der Waals surface area (Å²) < 4.78 is 35.5. The molecule has 1 heterocycles. The molecule has 0 aromatic heterocycles. The van der Waals surface area contributed by atoms with Gasteiger partial charge in [0.1, 0.15) is 0 Å². The van der Waals surface area contributed by atoms with Gasteiger partial charge in [-0.2, -0.15) is 0 Å². The van der Waals surface area contributed by atoms with Crippen molar-refractivity contribution in [1.29, 1.82) is 0 Å². The fraction of sp³-hybridized carbons (Fsp3) is 0.143. The Kier molecular flexibility index (Phi) is 3.67. The lowest BCUT2D eigenvalue weighted by Crippen LogP contribution is -2.25. The van der Waals surface area contributed by atoms with Crippen molar-refractivity contribution in [3.05, 3.63) is 51.5 Å². The molecule has 2 aromatic carbocycles. The molecule has 21 heavy (non-hydrogen) atoms. The molecular weight excluding hydrogens is 368 g/mol. The van der Waals surface area contributed by atoms with Gasteiger partial charge in [-0.1, -0.05) is 33.6 Å². The highest BCUT2D eigenvalue weighted by molar-refractivity contribution is 9.10. The highest BCUT2D eigenvalue weighted by atomic mass is 79.9. The van der Waals surface area contributed by atoms with E-state index in [4.69, 9.17) is 11.6 Å². The number of hydrogen-bond acceptors (Lipinski definition) is 3. The van der Waals surface area contributed by atoms with Crippen LogP contribution in [0.25, 0.3) is 0 Å². The molecule has 7 heteroatoms. The molecule has 3 nitrogen and oxygen atoms in total. The zero-order valence-electron chi connectivity index (χ0n) is 10.5. The van der Waals surface area contributed by atoms with E-state index in [2.05, 4.69) is 30.7 Å². The fourth-order valence-corrected chi connectivity index (χ4v) is 2.74. The van der Waals surface area contributed by atoms with Gasteiger partial charge >= 0.3 is 6.29 Å². The van der Waals surface area contributed by atoms with Crippen LogP contribution < -0.4 is 14.8 Å². The van der Waals surface area contributed by atoms with Crippen LogP contribution in [0.2, 0.25) is 5.02 Å². The summed E-state index contributed by atoms with van der Waals surface area (Å²) in [5, 5.41) is 3.76. The Hall–Kier alpha value is -1.53. The summed E-state index contributed by atoms with van der Waals surface area (Å²) in [6.45, 7) is 0.508. The fourth-order valence-electron chi connectivity index (χ4n) is 1.92.